The van der Waals surface area contributed by atoms with Crippen molar-refractivity contribution in [3.05, 3.63) is 35.9 Å². The maximum Gasteiger partial charge on any atom is 0.260 e. The first-order valence-corrected chi connectivity index (χ1v) is 9.82. The summed E-state index contributed by atoms with van der Waals surface area (Å²) in [4.78, 5) is 37.3. The van der Waals surface area contributed by atoms with Crippen molar-refractivity contribution in [3.8, 4) is 0 Å². The molecule has 1 saturated heterocycles. The molecule has 7 heteroatoms. The van der Waals surface area contributed by atoms with E-state index >= 15 is 4.39 Å². The van der Waals surface area contributed by atoms with Gasteiger partial charge in [-0.1, -0.05) is 30.3 Å². The Morgan fingerprint density at radius 1 is 1.18 bits per heavy atom. The highest BCUT2D eigenvalue weighted by molar-refractivity contribution is 5.90. The maximum atomic E-state index is 15.1. The number of benzene rings is 1. The molecule has 3 amide bonds. The summed E-state index contributed by atoms with van der Waals surface area (Å²) in [7, 11) is 0. The Morgan fingerprint density at radius 3 is 2.43 bits per heavy atom. The molecular formula is C21H28FN3O3. The Bertz CT molecular complexity index is 747. The standard InChI is InChI=1S/C21H28FN3O3/c1-15(26)23-11-8-18(27)24-20(2)9-12-25(13-10-20)19(28)21(22)14-17(21)16-6-4-3-5-7-16/h3-7,17H,8-14H2,1-2H3,(H,23,26)(H,24,27)/t17-,21-/m0/s1. The van der Waals surface area contributed by atoms with Gasteiger partial charge in [0, 0.05) is 50.9 Å². The molecule has 2 N–H and O–H groups in total. The molecule has 0 aromatic heterocycles. The molecule has 1 aliphatic heterocycles. The molecule has 2 aliphatic rings. The van der Waals surface area contributed by atoms with Crippen molar-refractivity contribution in [2.45, 2.75) is 56.7 Å². The number of carbonyl (C=O) groups excluding carboxylic acids is 3. The van der Waals surface area contributed by atoms with Gasteiger partial charge in [0.05, 0.1) is 0 Å². The van der Waals surface area contributed by atoms with E-state index in [1.165, 1.54) is 6.92 Å². The smallest absolute Gasteiger partial charge is 0.260 e. The zero-order valence-electron chi connectivity index (χ0n) is 16.5. The molecule has 152 valence electrons. The van der Waals surface area contributed by atoms with Crippen LogP contribution < -0.4 is 10.6 Å². The van der Waals surface area contributed by atoms with Crippen LogP contribution in [-0.2, 0) is 14.4 Å². The fourth-order valence-corrected chi connectivity index (χ4v) is 3.88. The zero-order chi connectivity index (χ0) is 20.4. The van der Waals surface area contributed by atoms with Crippen molar-refractivity contribution < 1.29 is 18.8 Å². The number of alkyl halides is 1. The first-order chi connectivity index (χ1) is 13.2. The number of amides is 3. The number of carbonyl (C=O) groups is 3. The van der Waals surface area contributed by atoms with Gasteiger partial charge in [-0.2, -0.15) is 0 Å². The third kappa shape index (κ3) is 4.51. The molecule has 3 rings (SSSR count). The number of piperidine rings is 1. The van der Waals surface area contributed by atoms with E-state index in [1.807, 2.05) is 37.3 Å². The Hall–Kier alpha value is -2.44. The van der Waals surface area contributed by atoms with Crippen molar-refractivity contribution in [1.29, 1.82) is 0 Å². The molecule has 2 fully saturated rings. The molecule has 2 atom stereocenters. The highest BCUT2D eigenvalue weighted by atomic mass is 19.1. The Morgan fingerprint density at radius 2 is 1.82 bits per heavy atom. The summed E-state index contributed by atoms with van der Waals surface area (Å²) in [6.45, 7) is 4.50. The minimum Gasteiger partial charge on any atom is -0.356 e. The molecule has 0 spiro atoms. The second-order valence-corrected chi connectivity index (χ2v) is 8.16. The Kier molecular flexibility index (Phi) is 5.72. The monoisotopic (exact) mass is 389 g/mol. The molecule has 1 saturated carbocycles. The molecule has 1 aromatic rings. The van der Waals surface area contributed by atoms with Crippen molar-refractivity contribution in [1.82, 2.24) is 15.5 Å². The van der Waals surface area contributed by atoms with Gasteiger partial charge in [-0.3, -0.25) is 14.4 Å². The number of hydrogen-bond donors (Lipinski definition) is 2. The van der Waals surface area contributed by atoms with Crippen molar-refractivity contribution in [3.63, 3.8) is 0 Å². The number of halogens is 1. The number of nitrogens with one attached hydrogen (secondary N) is 2. The van der Waals surface area contributed by atoms with E-state index in [0.717, 1.165) is 5.56 Å². The number of rotatable bonds is 6. The zero-order valence-corrected chi connectivity index (χ0v) is 16.5. The molecule has 1 aromatic carbocycles. The summed E-state index contributed by atoms with van der Waals surface area (Å²) < 4.78 is 15.1. The SMILES string of the molecule is CC(=O)NCCC(=O)NC1(C)CCN(C(=O)[C@]2(F)C[C@H]2c2ccccc2)CC1. The predicted octanol–water partition coefficient (Wildman–Crippen LogP) is 1.91. The number of nitrogens with zero attached hydrogens (tertiary/aromatic N) is 1. The van der Waals surface area contributed by atoms with E-state index in [0.29, 0.717) is 32.5 Å². The lowest BCUT2D eigenvalue weighted by Gasteiger charge is -2.40. The third-order valence-electron chi connectivity index (χ3n) is 5.77. The highest BCUT2D eigenvalue weighted by Crippen LogP contribution is 2.55. The minimum absolute atomic E-state index is 0.135. The molecule has 1 aliphatic carbocycles. The molecular weight excluding hydrogens is 361 g/mol. The molecule has 0 bridgehead atoms. The summed E-state index contributed by atoms with van der Waals surface area (Å²) in [6.07, 6.45) is 1.61. The second-order valence-electron chi connectivity index (χ2n) is 8.16. The topological polar surface area (TPSA) is 78.5 Å². The van der Waals surface area contributed by atoms with Gasteiger partial charge in [0.1, 0.15) is 0 Å². The second kappa shape index (κ2) is 7.89. The van der Waals surface area contributed by atoms with Crippen LogP contribution in [0, 0.1) is 0 Å². The predicted molar refractivity (Wildman–Crippen MR) is 103 cm³/mol. The van der Waals surface area contributed by atoms with Gasteiger partial charge < -0.3 is 15.5 Å². The molecule has 28 heavy (non-hydrogen) atoms. The van der Waals surface area contributed by atoms with Crippen molar-refractivity contribution >= 4 is 17.7 Å². The van der Waals surface area contributed by atoms with Crippen LogP contribution in [0.25, 0.3) is 0 Å². The number of likely N-dealkylation sites (tertiary alicyclic amines) is 1. The molecule has 1 heterocycles. The average molecular weight is 389 g/mol. The van der Waals surface area contributed by atoms with E-state index in [2.05, 4.69) is 10.6 Å². The quantitative estimate of drug-likeness (QED) is 0.780. The maximum absolute atomic E-state index is 15.1. The van der Waals surface area contributed by atoms with E-state index in [-0.39, 0.29) is 30.6 Å². The third-order valence-corrected chi connectivity index (χ3v) is 5.77. The lowest BCUT2D eigenvalue weighted by atomic mass is 9.89. The van der Waals surface area contributed by atoms with Gasteiger partial charge >= 0.3 is 0 Å². The average Bonchev–Trinajstić information content (AvgIpc) is 3.35. The van der Waals surface area contributed by atoms with Crippen LogP contribution in [0.1, 0.15) is 51.0 Å². The van der Waals surface area contributed by atoms with Crippen molar-refractivity contribution in [2.75, 3.05) is 19.6 Å². The van der Waals surface area contributed by atoms with E-state index in [4.69, 9.17) is 0 Å². The summed E-state index contributed by atoms with van der Waals surface area (Å²) in [5, 5.41) is 5.59. The summed E-state index contributed by atoms with van der Waals surface area (Å²) in [5.74, 6) is -1.09. The van der Waals surface area contributed by atoms with E-state index in [1.54, 1.807) is 4.90 Å². The lowest BCUT2D eigenvalue weighted by molar-refractivity contribution is -0.140. The molecule has 0 radical (unpaired) electrons. The van der Waals surface area contributed by atoms with Crippen LogP contribution in [0.5, 0.6) is 0 Å². The van der Waals surface area contributed by atoms with Crippen LogP contribution in [0.3, 0.4) is 0 Å². The van der Waals surface area contributed by atoms with Gasteiger partial charge in [0.15, 0.2) is 5.67 Å². The van der Waals surface area contributed by atoms with Crippen LogP contribution in [0.15, 0.2) is 30.3 Å². The Labute approximate surface area is 164 Å². The van der Waals surface area contributed by atoms with Crippen LogP contribution in [-0.4, -0.2) is 53.5 Å². The molecule has 6 nitrogen and oxygen atoms in total. The summed E-state index contributed by atoms with van der Waals surface area (Å²) in [6, 6.07) is 9.33. The van der Waals surface area contributed by atoms with Gasteiger partial charge in [0.25, 0.3) is 5.91 Å². The molecule has 0 unspecified atom stereocenters. The minimum atomic E-state index is -1.79. The first-order valence-electron chi connectivity index (χ1n) is 9.82. The lowest BCUT2D eigenvalue weighted by Crippen LogP contribution is -2.56. The Balaban J connectivity index is 1.49. The van der Waals surface area contributed by atoms with Gasteiger partial charge in [-0.15, -0.1) is 0 Å². The fourth-order valence-electron chi connectivity index (χ4n) is 3.88. The number of hydrogen-bond acceptors (Lipinski definition) is 3. The van der Waals surface area contributed by atoms with Gasteiger partial charge in [-0.25, -0.2) is 4.39 Å². The van der Waals surface area contributed by atoms with Crippen LogP contribution >= 0.6 is 0 Å². The van der Waals surface area contributed by atoms with Crippen LogP contribution in [0.4, 0.5) is 4.39 Å². The highest BCUT2D eigenvalue weighted by Gasteiger charge is 2.63. The van der Waals surface area contributed by atoms with E-state index in [9.17, 15) is 14.4 Å². The van der Waals surface area contributed by atoms with Crippen LogP contribution in [0.2, 0.25) is 0 Å². The first kappa shape index (κ1) is 20.3. The van der Waals surface area contributed by atoms with Crippen molar-refractivity contribution in [2.24, 2.45) is 0 Å². The normalized spacial score (nSPS) is 25.7. The van der Waals surface area contributed by atoms with Gasteiger partial charge in [-0.05, 0) is 25.3 Å². The van der Waals surface area contributed by atoms with Gasteiger partial charge in [0.2, 0.25) is 11.8 Å². The van der Waals surface area contributed by atoms with E-state index < -0.39 is 17.1 Å². The fraction of sp³-hybridized carbons (Fsp3) is 0.571. The summed E-state index contributed by atoms with van der Waals surface area (Å²) in [5.41, 5.74) is -1.35. The summed E-state index contributed by atoms with van der Waals surface area (Å²) >= 11 is 0. The largest absolute Gasteiger partial charge is 0.356 e.